The van der Waals surface area contributed by atoms with Crippen molar-refractivity contribution >= 4 is 143 Å². The number of ketones is 4. The minimum atomic E-state index is -1.90. The molecule has 36 nitrogen and oxygen atoms in total. The monoisotopic (exact) mass is 1870 g/mol. The molecule has 0 unspecified atom stereocenters. The fourth-order valence-corrected chi connectivity index (χ4v) is 18.7. The van der Waals surface area contributed by atoms with E-state index in [4.69, 9.17) is 33.4 Å². The van der Waals surface area contributed by atoms with Gasteiger partial charge in [-0.3, -0.25) is 76.7 Å². The molecule has 1 aliphatic heterocycles. The quantitative estimate of drug-likeness (QED) is 0.0196. The number of fused-ring (bicyclic) bond motifs is 2. The van der Waals surface area contributed by atoms with Crippen molar-refractivity contribution in [2.24, 2.45) is 45.9 Å². The Labute approximate surface area is 779 Å². The van der Waals surface area contributed by atoms with E-state index >= 15 is 28.8 Å². The summed E-state index contributed by atoms with van der Waals surface area (Å²) >= 11 is 0. The van der Waals surface area contributed by atoms with Gasteiger partial charge in [0.1, 0.15) is 54.4 Å². The largest absolute Gasteiger partial charge is 0.492 e. The van der Waals surface area contributed by atoms with Crippen LogP contribution in [0.1, 0.15) is 207 Å². The van der Waals surface area contributed by atoms with Gasteiger partial charge >= 0.3 is 0 Å². The van der Waals surface area contributed by atoms with Crippen LogP contribution in [0.15, 0.2) is 91.1 Å². The number of hydrogen-bond acceptors (Lipinski definition) is 24. The van der Waals surface area contributed by atoms with Gasteiger partial charge in [-0.05, 0) is 183 Å². The Hall–Kier alpha value is -11.2. The lowest BCUT2D eigenvalue weighted by atomic mass is 9.77. The Morgan fingerprint density at radius 3 is 1.86 bits per heavy atom. The van der Waals surface area contributed by atoms with Gasteiger partial charge in [0.05, 0.1) is 36.1 Å². The number of carbonyl (C=O) groups is 17. The van der Waals surface area contributed by atoms with Crippen molar-refractivity contribution in [3.05, 3.63) is 113 Å². The van der Waals surface area contributed by atoms with Crippen LogP contribution in [0.3, 0.4) is 0 Å². The van der Waals surface area contributed by atoms with Crippen molar-refractivity contribution < 1.29 is 91.4 Å². The Morgan fingerprint density at radius 1 is 0.591 bits per heavy atom. The Balaban J connectivity index is 1.53. The smallest absolute Gasteiger partial charge is 0.245 e. The van der Waals surface area contributed by atoms with Crippen LogP contribution in [0.4, 0.5) is 0 Å². The first kappa shape index (κ1) is 110. The maximum Gasteiger partial charge on any atom is 0.245 e. The van der Waals surface area contributed by atoms with E-state index in [1.165, 1.54) is 27.7 Å². The van der Waals surface area contributed by atoms with Crippen LogP contribution in [-0.4, -0.2) is 219 Å². The van der Waals surface area contributed by atoms with E-state index in [1.54, 1.807) is 83.3 Å². The van der Waals surface area contributed by atoms with Crippen LogP contribution < -0.4 is 91.9 Å². The molecule has 0 saturated carbocycles. The van der Waals surface area contributed by atoms with Crippen LogP contribution in [0.2, 0.25) is 0 Å². The number of para-hydroxylation sites is 1. The van der Waals surface area contributed by atoms with Gasteiger partial charge in [0.25, 0.3) is 0 Å². The van der Waals surface area contributed by atoms with E-state index in [9.17, 15) is 57.8 Å². The molecule has 1 saturated heterocycles. The molecule has 38 heteroatoms. The third-order valence-electron chi connectivity index (χ3n) is 23.3. The topological polar surface area (TPSA) is 598 Å². The highest BCUT2D eigenvalue weighted by Gasteiger charge is 2.47. The fourth-order valence-electron chi connectivity index (χ4n) is 15.9. The number of aromatic nitrogens is 1. The number of hydrogen-bond donors (Lipinski definition) is 18. The van der Waals surface area contributed by atoms with Crippen molar-refractivity contribution in [1.82, 2.24) is 63.5 Å². The third-order valence-corrected chi connectivity index (χ3v) is 27.5. The molecule has 13 amide bonds. The number of primary amides is 3. The average Bonchev–Trinajstić information content (AvgIpc) is 1.06. The summed E-state index contributed by atoms with van der Waals surface area (Å²) in [5, 5.41) is 44.1. The number of nitrogens with two attached hydrogens (primary N) is 5. The van der Waals surface area contributed by atoms with Crippen molar-refractivity contribution in [3.63, 3.8) is 0 Å². The van der Waals surface area contributed by atoms with Crippen molar-refractivity contribution in [3.8, 4) is 5.75 Å². The molecule has 13 atom stereocenters. The molecule has 2 heterocycles. The molecule has 0 aliphatic carbocycles. The average molecular weight is 1870 g/mol. The van der Waals surface area contributed by atoms with Gasteiger partial charge in [-0.2, -0.15) is 0 Å². The molecular formula is C94H137N17O19S2. The normalized spacial score (nSPS) is 19.2. The number of ether oxygens (including phenoxy) is 1. The SMILES string of the molecule is CC(=O)CCCCC[C@@H]1NC(=O)[C@H](Cc2c[nH]c3c(C)cccc23)NC(=O)[C@H]([C@@H](C)O)NC(=O)[C@H](CC(N)=O)NC(=O)[C@@H](NC(C)=O)C(C)(C)SSC(C)(C)[C@@H](C(=O)C[C@@H](Cc2ccc(OCCN)cc2)C(=O)N[C@@H](Cc2ccc3ccccc3c2)C(=O)C[C@@](C)(CCCCN)C(=O)N[C@@H](CCCCNC(C)=O)C(=O)C[C@H](CN[C@@H](CCCNC(C)=O)C(N)=O)CC(N)=O)NC1=O. The number of Topliss-reactive ketones (excluding diaryl/α,β-unsaturated/α-hetero) is 4. The molecule has 4 aromatic carbocycles. The van der Waals surface area contributed by atoms with Crippen molar-refractivity contribution in [2.45, 2.75) is 281 Å². The maximum absolute atomic E-state index is 16.5. The lowest BCUT2D eigenvalue weighted by Gasteiger charge is -2.39. The van der Waals surface area contributed by atoms with Crippen molar-refractivity contribution in [1.29, 1.82) is 0 Å². The fraction of sp³-hybridized carbons (Fsp3) is 0.564. The number of aliphatic hydroxyl groups is 1. The molecule has 132 heavy (non-hydrogen) atoms. The van der Waals surface area contributed by atoms with E-state index in [0.717, 1.165) is 44.8 Å². The molecule has 0 bridgehead atoms. The first-order valence-corrected chi connectivity index (χ1v) is 47.2. The molecule has 1 fully saturated rings. The second-order valence-electron chi connectivity index (χ2n) is 35.8. The van der Waals surface area contributed by atoms with Crippen LogP contribution in [0, 0.1) is 24.2 Å². The van der Waals surface area contributed by atoms with Gasteiger partial charge in [0.15, 0.2) is 17.3 Å². The van der Waals surface area contributed by atoms with E-state index in [-0.39, 0.29) is 134 Å². The van der Waals surface area contributed by atoms with Gasteiger partial charge in [0.2, 0.25) is 76.8 Å². The minimum Gasteiger partial charge on any atom is -0.492 e. The predicted molar refractivity (Wildman–Crippen MR) is 505 cm³/mol. The lowest BCUT2D eigenvalue weighted by Crippen LogP contribution is -2.63. The molecule has 0 spiro atoms. The molecule has 1 aromatic heterocycles. The van der Waals surface area contributed by atoms with Gasteiger partial charge in [0, 0.05) is 111 Å². The highest BCUT2D eigenvalue weighted by Crippen LogP contribution is 2.47. The number of unbranched alkanes of at least 4 members (excludes halogenated alkanes) is 4. The molecule has 724 valence electrons. The second kappa shape index (κ2) is 53.5. The second-order valence-corrected chi connectivity index (χ2v) is 39.2. The lowest BCUT2D eigenvalue weighted by molar-refractivity contribution is -0.139. The standard InChI is InChI=1S/C94H137N17O19S2/c1-54-23-21-27-68-66(53-103-80(54)68)48-73-87(125)105-71(29-14-12-13-24-55(2)112)86(124)111-82(92(7,8)131-132-93(9,10)83(104-59(6)116)90(128)108-74(50-79(98)121)88(126)110-81(56(3)113)89(127)107-73)76(118)49-65(43-60-32-35-67(36-33-60)130-42-39-96)85(123)106-72(45-61-31-34-63-25-15-16-26-64(63)44-61)77(119)51-94(11,37-18-19-38-95)91(129)109-69(28-17-20-40-100-57(4)114)75(117)46-62(47-78(97)120)52-102-70(84(99)122)30-22-41-101-58(5)115/h15-16,21,23,25-27,31-36,44,53,56,62,65,69-74,81-83,102-103,113H,12-14,17-20,22,24,28-30,37-43,45-52,95-96H2,1-11H3,(H2,97,120)(H2,98,121)(H2,99,122)(H,100,114)(H,101,115)(H,104,116)(H,105,125)(H,106,123)(H,107,127)(H,108,128)(H,109,129)(H,110,126)(H,111,124)/t56-,62+,65-,69+,70+,71+,72+,73+,74+,81+,82-,83-,94-/m1/s1. The third kappa shape index (κ3) is 36.1. The number of amides is 13. The number of nitrogens with one attached hydrogen (secondary N) is 12. The summed E-state index contributed by atoms with van der Waals surface area (Å²) in [6.45, 7) is 17.0. The van der Waals surface area contributed by atoms with Crippen LogP contribution in [0.25, 0.3) is 21.7 Å². The first-order chi connectivity index (χ1) is 62.3. The van der Waals surface area contributed by atoms with E-state index < -0.39 is 189 Å². The van der Waals surface area contributed by atoms with Crippen LogP contribution >= 0.6 is 21.6 Å². The van der Waals surface area contributed by atoms with Gasteiger partial charge < -0.3 is 107 Å². The molecule has 0 radical (unpaired) electrons. The molecule has 1 aliphatic rings. The zero-order chi connectivity index (χ0) is 97.7. The molecule has 23 N–H and O–H groups in total. The molecule has 6 rings (SSSR count). The molecule has 5 aromatic rings. The Kier molecular flexibility index (Phi) is 44.4. The zero-order valence-corrected chi connectivity index (χ0v) is 79.3. The predicted octanol–water partition coefficient (Wildman–Crippen LogP) is 3.43. The van der Waals surface area contributed by atoms with Gasteiger partial charge in [-0.25, -0.2) is 0 Å². The summed E-state index contributed by atoms with van der Waals surface area (Å²) in [4.78, 5) is 246. The number of benzene rings is 4. The first-order valence-electron chi connectivity index (χ1n) is 45.1. The van der Waals surface area contributed by atoms with Gasteiger partial charge in [-0.15, -0.1) is 0 Å². The summed E-state index contributed by atoms with van der Waals surface area (Å²) in [5.41, 5.74) is 30.5. The number of rotatable bonds is 51. The van der Waals surface area contributed by atoms with E-state index in [0.29, 0.717) is 71.9 Å². The molecular weight excluding hydrogens is 1740 g/mol. The summed E-state index contributed by atoms with van der Waals surface area (Å²) < 4.78 is 2.75. The number of H-pyrrole nitrogens is 1. The van der Waals surface area contributed by atoms with Gasteiger partial charge in [-0.1, -0.05) is 121 Å². The number of aromatic amines is 1. The summed E-state index contributed by atoms with van der Waals surface area (Å²) in [7, 11) is 1.93. The van der Waals surface area contributed by atoms with Crippen molar-refractivity contribution in [2.75, 3.05) is 39.3 Å². The number of aryl methyl sites for hydroxylation is 1. The highest BCUT2D eigenvalue weighted by molar-refractivity contribution is 8.77. The minimum absolute atomic E-state index is 0.0128. The number of aliphatic hydroxyl groups excluding tert-OH is 1. The van der Waals surface area contributed by atoms with Crippen LogP contribution in [-0.2, 0) is 101 Å². The van der Waals surface area contributed by atoms with Crippen LogP contribution in [0.5, 0.6) is 5.75 Å². The summed E-state index contributed by atoms with van der Waals surface area (Å²) in [5.74, 6) is -14.7. The van der Waals surface area contributed by atoms with E-state index in [2.05, 4.69) is 63.5 Å². The van der Waals surface area contributed by atoms with E-state index in [1.807, 2.05) is 49.4 Å². The summed E-state index contributed by atoms with van der Waals surface area (Å²) in [6.07, 6.45) is -0.764. The summed E-state index contributed by atoms with van der Waals surface area (Å²) in [6, 6.07) is 11.0. The highest BCUT2D eigenvalue weighted by atomic mass is 33.1. The Bertz CT molecular complexity index is 4850. The number of carbonyl (C=O) groups excluding carboxylic acids is 17. The maximum atomic E-state index is 16.5. The Morgan fingerprint density at radius 2 is 1.23 bits per heavy atom. The zero-order valence-electron chi connectivity index (χ0n) is 77.7.